The molecular weight excluding hydrogens is 216 g/mol. The first-order chi connectivity index (χ1) is 7.91. The summed E-state index contributed by atoms with van der Waals surface area (Å²) in [5.74, 6) is 0.0408. The van der Waals surface area contributed by atoms with E-state index in [1.165, 1.54) is 0 Å². The Morgan fingerprint density at radius 2 is 1.59 bits per heavy atom. The quantitative estimate of drug-likeness (QED) is 0.813. The van der Waals surface area contributed by atoms with Gasteiger partial charge in [0.1, 0.15) is 11.1 Å². The average molecular weight is 240 g/mol. The highest BCUT2D eigenvalue weighted by Crippen LogP contribution is 2.32. The van der Waals surface area contributed by atoms with Crippen molar-refractivity contribution in [1.29, 1.82) is 0 Å². The van der Waals surface area contributed by atoms with Gasteiger partial charge in [0.15, 0.2) is 0 Å². The summed E-state index contributed by atoms with van der Waals surface area (Å²) >= 11 is 0. The first-order valence-electron chi connectivity index (χ1n) is 6.56. The van der Waals surface area contributed by atoms with Gasteiger partial charge in [-0.15, -0.1) is 0 Å². The summed E-state index contributed by atoms with van der Waals surface area (Å²) in [5.41, 5.74) is -1.39. The number of hydrogen-bond donors (Lipinski definition) is 1. The first-order valence-corrected chi connectivity index (χ1v) is 6.56. The minimum absolute atomic E-state index is 0.0230. The summed E-state index contributed by atoms with van der Waals surface area (Å²) < 4.78 is 0. The smallest absolute Gasteiger partial charge is 0.249 e. The van der Waals surface area contributed by atoms with E-state index in [-0.39, 0.29) is 11.8 Å². The van der Waals surface area contributed by atoms with E-state index in [0.29, 0.717) is 25.8 Å². The fraction of sp³-hybridized carbons (Fsp3) is 0.846. The van der Waals surface area contributed by atoms with Crippen LogP contribution in [0, 0.1) is 0 Å². The van der Waals surface area contributed by atoms with E-state index >= 15 is 0 Å². The van der Waals surface area contributed by atoms with Crippen molar-refractivity contribution < 1.29 is 9.59 Å². The van der Waals surface area contributed by atoms with Gasteiger partial charge >= 0.3 is 0 Å². The molecule has 0 aromatic rings. The van der Waals surface area contributed by atoms with E-state index in [1.807, 2.05) is 34.6 Å². The maximum absolute atomic E-state index is 12.6. The maximum atomic E-state index is 12.6. The molecule has 1 heterocycles. The highest BCUT2D eigenvalue weighted by atomic mass is 16.2. The molecule has 0 aliphatic carbocycles. The molecular formula is C13H24N2O2. The average Bonchev–Trinajstić information content (AvgIpc) is 2.34. The molecule has 1 rings (SSSR count). The van der Waals surface area contributed by atoms with E-state index in [1.54, 1.807) is 4.90 Å². The van der Waals surface area contributed by atoms with Gasteiger partial charge in [-0.25, -0.2) is 0 Å². The molecule has 0 aromatic heterocycles. The van der Waals surface area contributed by atoms with E-state index < -0.39 is 11.1 Å². The van der Waals surface area contributed by atoms with E-state index in [0.717, 1.165) is 0 Å². The van der Waals surface area contributed by atoms with Gasteiger partial charge in [0, 0.05) is 6.54 Å². The highest BCUT2D eigenvalue weighted by molar-refractivity contribution is 6.02. The molecule has 17 heavy (non-hydrogen) atoms. The molecule has 2 amide bonds. The molecule has 1 saturated heterocycles. The molecule has 4 heteroatoms. The van der Waals surface area contributed by atoms with Gasteiger partial charge in [-0.3, -0.25) is 9.59 Å². The molecule has 0 saturated carbocycles. The van der Waals surface area contributed by atoms with Crippen molar-refractivity contribution in [3.63, 3.8) is 0 Å². The van der Waals surface area contributed by atoms with Gasteiger partial charge in [-0.1, -0.05) is 20.8 Å². The monoisotopic (exact) mass is 240 g/mol. The highest BCUT2D eigenvalue weighted by Gasteiger charge is 2.53. The van der Waals surface area contributed by atoms with Gasteiger partial charge in [0.2, 0.25) is 11.8 Å². The van der Waals surface area contributed by atoms with Crippen molar-refractivity contribution in [1.82, 2.24) is 10.2 Å². The SMILES string of the molecule is CCN1C(=O)C(CC)(CC)NC(=O)C1(C)CC. The Balaban J connectivity index is 3.21. The Labute approximate surface area is 104 Å². The van der Waals surface area contributed by atoms with Crippen molar-refractivity contribution in [2.75, 3.05) is 6.54 Å². The molecule has 0 radical (unpaired) electrons. The van der Waals surface area contributed by atoms with Crippen LogP contribution in [0.3, 0.4) is 0 Å². The molecule has 1 N–H and O–H groups in total. The van der Waals surface area contributed by atoms with Gasteiger partial charge in [0.05, 0.1) is 0 Å². The Kier molecular flexibility index (Phi) is 3.84. The zero-order chi connectivity index (χ0) is 13.3. The lowest BCUT2D eigenvalue weighted by atomic mass is 9.81. The largest absolute Gasteiger partial charge is 0.340 e. The molecule has 1 aliphatic rings. The molecule has 0 aromatic carbocycles. The fourth-order valence-electron chi connectivity index (χ4n) is 2.58. The fourth-order valence-corrected chi connectivity index (χ4v) is 2.58. The minimum Gasteiger partial charge on any atom is -0.340 e. The third-order valence-corrected chi connectivity index (χ3v) is 4.30. The number of hydrogen-bond acceptors (Lipinski definition) is 2. The van der Waals surface area contributed by atoms with Gasteiger partial charge in [-0.2, -0.15) is 0 Å². The van der Waals surface area contributed by atoms with Crippen molar-refractivity contribution in [3.05, 3.63) is 0 Å². The van der Waals surface area contributed by atoms with E-state index in [2.05, 4.69) is 5.32 Å². The third-order valence-electron chi connectivity index (χ3n) is 4.30. The topological polar surface area (TPSA) is 49.4 Å². The zero-order valence-corrected chi connectivity index (χ0v) is 11.6. The number of carbonyl (C=O) groups excluding carboxylic acids is 2. The van der Waals surface area contributed by atoms with Crippen molar-refractivity contribution in [3.8, 4) is 0 Å². The Morgan fingerprint density at radius 3 is 1.94 bits per heavy atom. The molecule has 98 valence electrons. The van der Waals surface area contributed by atoms with Crippen LogP contribution in [0.25, 0.3) is 0 Å². The summed E-state index contributed by atoms with van der Waals surface area (Å²) in [5, 5.41) is 2.95. The third kappa shape index (κ3) is 1.83. The number of piperazine rings is 1. The predicted octanol–water partition coefficient (Wildman–Crippen LogP) is 1.69. The van der Waals surface area contributed by atoms with Crippen LogP contribution in [0.2, 0.25) is 0 Å². The lowest BCUT2D eigenvalue weighted by Crippen LogP contribution is -2.74. The molecule has 1 atom stereocenters. The molecule has 1 aliphatic heterocycles. The Morgan fingerprint density at radius 1 is 1.06 bits per heavy atom. The molecule has 1 fully saturated rings. The van der Waals surface area contributed by atoms with Crippen LogP contribution in [0.4, 0.5) is 0 Å². The standard InChI is InChI=1S/C13H24N2O2/c1-6-12(5)10(16)14-13(7-2,8-3)11(17)15(12)9-4/h6-9H2,1-5H3,(H,14,16). The summed E-state index contributed by atoms with van der Waals surface area (Å²) in [6.45, 7) is 10.2. The van der Waals surface area contributed by atoms with Crippen LogP contribution in [-0.4, -0.2) is 34.3 Å². The summed E-state index contributed by atoms with van der Waals surface area (Å²) in [7, 11) is 0. The zero-order valence-electron chi connectivity index (χ0n) is 11.6. The van der Waals surface area contributed by atoms with Gasteiger partial charge < -0.3 is 10.2 Å². The number of rotatable bonds is 4. The molecule has 4 nitrogen and oxygen atoms in total. The van der Waals surface area contributed by atoms with E-state index in [4.69, 9.17) is 0 Å². The second kappa shape index (κ2) is 4.67. The molecule has 1 unspecified atom stereocenters. The minimum atomic E-state index is -0.695. The van der Waals surface area contributed by atoms with Crippen LogP contribution in [0.1, 0.15) is 53.9 Å². The number of likely N-dealkylation sites (N-methyl/N-ethyl adjacent to an activating group) is 1. The first kappa shape index (κ1) is 14.0. The normalized spacial score (nSPS) is 28.2. The summed E-state index contributed by atoms with van der Waals surface area (Å²) in [6.07, 6.45) is 1.93. The lowest BCUT2D eigenvalue weighted by Gasteiger charge is -2.50. The van der Waals surface area contributed by atoms with Crippen LogP contribution in [0.15, 0.2) is 0 Å². The van der Waals surface area contributed by atoms with Crippen LogP contribution in [-0.2, 0) is 9.59 Å². The van der Waals surface area contributed by atoms with Gasteiger partial charge in [0.25, 0.3) is 0 Å². The van der Waals surface area contributed by atoms with Crippen molar-refractivity contribution in [2.24, 2.45) is 0 Å². The number of nitrogens with zero attached hydrogens (tertiary/aromatic N) is 1. The van der Waals surface area contributed by atoms with Gasteiger partial charge in [-0.05, 0) is 33.1 Å². The predicted molar refractivity (Wildman–Crippen MR) is 67.5 cm³/mol. The van der Waals surface area contributed by atoms with E-state index in [9.17, 15) is 9.59 Å². The van der Waals surface area contributed by atoms with Crippen LogP contribution in [0.5, 0.6) is 0 Å². The van der Waals surface area contributed by atoms with Crippen molar-refractivity contribution in [2.45, 2.75) is 65.0 Å². The lowest BCUT2D eigenvalue weighted by molar-refractivity contribution is -0.162. The second-order valence-corrected chi connectivity index (χ2v) is 4.92. The summed E-state index contributed by atoms with van der Waals surface area (Å²) in [4.78, 5) is 26.6. The van der Waals surface area contributed by atoms with Crippen LogP contribution < -0.4 is 5.32 Å². The number of nitrogens with one attached hydrogen (secondary N) is 1. The Hall–Kier alpha value is -1.06. The van der Waals surface area contributed by atoms with Crippen LogP contribution >= 0.6 is 0 Å². The van der Waals surface area contributed by atoms with Crippen molar-refractivity contribution >= 4 is 11.8 Å². The second-order valence-electron chi connectivity index (χ2n) is 4.92. The summed E-state index contributed by atoms with van der Waals surface area (Å²) in [6, 6.07) is 0. The maximum Gasteiger partial charge on any atom is 0.249 e. The molecule has 0 spiro atoms. The molecule has 0 bridgehead atoms. The number of carbonyl (C=O) groups is 2. The Bertz CT molecular complexity index is 323. The number of amides is 2.